The van der Waals surface area contributed by atoms with Crippen LogP contribution in [0.2, 0.25) is 0 Å². The second-order valence-electron chi connectivity index (χ2n) is 6.51. The smallest absolute Gasteiger partial charge is 0.122 e. The molecular formula is C16H27N3. The van der Waals surface area contributed by atoms with Gasteiger partial charge in [-0.05, 0) is 43.5 Å². The van der Waals surface area contributed by atoms with Crippen LogP contribution in [0.1, 0.15) is 44.4 Å². The Morgan fingerprint density at radius 2 is 1.95 bits per heavy atom. The lowest BCUT2D eigenvalue weighted by molar-refractivity contribution is 0.134. The molecule has 0 radical (unpaired) electrons. The molecule has 19 heavy (non-hydrogen) atoms. The summed E-state index contributed by atoms with van der Waals surface area (Å²) in [4.78, 5) is 2.37. The van der Waals surface area contributed by atoms with Crippen molar-refractivity contribution < 1.29 is 0 Å². The van der Waals surface area contributed by atoms with E-state index in [4.69, 9.17) is 11.1 Å². The average Bonchev–Trinajstić information content (AvgIpc) is 2.29. The van der Waals surface area contributed by atoms with E-state index in [9.17, 15) is 0 Å². The summed E-state index contributed by atoms with van der Waals surface area (Å²) in [5.74, 6) is 0.131. The number of nitrogen functional groups attached to an aromatic ring is 1. The Morgan fingerprint density at radius 1 is 1.37 bits per heavy atom. The Labute approximate surface area is 117 Å². The van der Waals surface area contributed by atoms with Gasteiger partial charge in [0, 0.05) is 18.2 Å². The van der Waals surface area contributed by atoms with Crippen molar-refractivity contribution in [2.75, 3.05) is 7.05 Å². The monoisotopic (exact) mass is 261 g/mol. The van der Waals surface area contributed by atoms with E-state index in [1.165, 1.54) is 11.1 Å². The van der Waals surface area contributed by atoms with E-state index in [0.717, 1.165) is 12.1 Å². The molecule has 0 aromatic heterocycles. The van der Waals surface area contributed by atoms with Crippen LogP contribution in [0.3, 0.4) is 0 Å². The van der Waals surface area contributed by atoms with E-state index in [-0.39, 0.29) is 11.3 Å². The fourth-order valence-corrected chi connectivity index (χ4v) is 2.11. The lowest BCUT2D eigenvalue weighted by Crippen LogP contribution is -2.38. The van der Waals surface area contributed by atoms with Crippen molar-refractivity contribution in [3.8, 4) is 0 Å². The molecule has 0 amide bonds. The lowest BCUT2D eigenvalue weighted by atomic mass is 9.87. The summed E-state index contributed by atoms with van der Waals surface area (Å²) in [7, 11) is 2.16. The van der Waals surface area contributed by atoms with Crippen molar-refractivity contribution in [2.24, 2.45) is 11.1 Å². The summed E-state index contributed by atoms with van der Waals surface area (Å²) < 4.78 is 0. The molecule has 0 aliphatic carbocycles. The topological polar surface area (TPSA) is 53.1 Å². The fourth-order valence-electron chi connectivity index (χ4n) is 2.11. The van der Waals surface area contributed by atoms with E-state index in [0.29, 0.717) is 6.04 Å². The zero-order valence-electron chi connectivity index (χ0n) is 13.0. The van der Waals surface area contributed by atoms with Gasteiger partial charge in [-0.15, -0.1) is 0 Å². The molecule has 0 aliphatic heterocycles. The van der Waals surface area contributed by atoms with Gasteiger partial charge in [0.1, 0.15) is 5.84 Å². The summed E-state index contributed by atoms with van der Waals surface area (Å²) in [6.07, 6.45) is 0. The molecule has 1 atom stereocenters. The van der Waals surface area contributed by atoms with Crippen LogP contribution in [0.15, 0.2) is 18.2 Å². The first-order valence-electron chi connectivity index (χ1n) is 6.77. The number of benzene rings is 1. The second-order valence-corrected chi connectivity index (χ2v) is 6.51. The van der Waals surface area contributed by atoms with Gasteiger partial charge in [-0.25, -0.2) is 0 Å². The van der Waals surface area contributed by atoms with Crippen LogP contribution >= 0.6 is 0 Å². The van der Waals surface area contributed by atoms with Gasteiger partial charge in [0.15, 0.2) is 0 Å². The molecule has 0 fully saturated rings. The third-order valence-electron chi connectivity index (χ3n) is 3.99. The van der Waals surface area contributed by atoms with E-state index < -0.39 is 0 Å². The fraction of sp³-hybridized carbons (Fsp3) is 0.562. The van der Waals surface area contributed by atoms with Gasteiger partial charge in [0.05, 0.1) is 0 Å². The highest BCUT2D eigenvalue weighted by Crippen LogP contribution is 2.24. The van der Waals surface area contributed by atoms with Crippen LogP contribution in [0, 0.1) is 17.7 Å². The largest absolute Gasteiger partial charge is 0.384 e. The molecule has 3 heteroatoms. The van der Waals surface area contributed by atoms with E-state index in [1.54, 1.807) is 0 Å². The van der Waals surface area contributed by atoms with Crippen LogP contribution in [-0.2, 0) is 6.54 Å². The van der Waals surface area contributed by atoms with Crippen LogP contribution in [-0.4, -0.2) is 23.8 Å². The number of rotatable bonds is 4. The molecule has 0 saturated heterocycles. The van der Waals surface area contributed by atoms with Crippen LogP contribution < -0.4 is 5.73 Å². The Hall–Kier alpha value is -1.35. The van der Waals surface area contributed by atoms with Crippen LogP contribution in [0.5, 0.6) is 0 Å². The maximum absolute atomic E-state index is 7.46. The highest BCUT2D eigenvalue weighted by Gasteiger charge is 2.23. The van der Waals surface area contributed by atoms with Gasteiger partial charge in [-0.2, -0.15) is 0 Å². The summed E-state index contributed by atoms with van der Waals surface area (Å²) in [5, 5.41) is 7.46. The highest BCUT2D eigenvalue weighted by molar-refractivity contribution is 5.95. The summed E-state index contributed by atoms with van der Waals surface area (Å²) >= 11 is 0. The van der Waals surface area contributed by atoms with Gasteiger partial charge in [0.2, 0.25) is 0 Å². The molecule has 3 N–H and O–H groups in total. The van der Waals surface area contributed by atoms with Gasteiger partial charge in [-0.1, -0.05) is 32.9 Å². The molecule has 1 aromatic carbocycles. The number of aryl methyl sites for hydroxylation is 1. The van der Waals surface area contributed by atoms with E-state index in [2.05, 4.69) is 52.6 Å². The quantitative estimate of drug-likeness (QED) is 0.646. The van der Waals surface area contributed by atoms with Crippen molar-refractivity contribution in [1.82, 2.24) is 4.90 Å². The summed E-state index contributed by atoms with van der Waals surface area (Å²) in [6, 6.07) is 6.50. The number of hydrogen-bond donors (Lipinski definition) is 2. The minimum Gasteiger partial charge on any atom is -0.384 e. The molecule has 106 valence electrons. The SMILES string of the molecule is Cc1cc(C(=N)N)ccc1CN(C)C(C)C(C)(C)C. The molecule has 0 heterocycles. The predicted molar refractivity (Wildman–Crippen MR) is 82.6 cm³/mol. The Bertz CT molecular complexity index is 458. The minimum atomic E-state index is 0.131. The number of nitrogens with two attached hydrogens (primary N) is 1. The Balaban J connectivity index is 2.86. The molecule has 0 bridgehead atoms. The van der Waals surface area contributed by atoms with Crippen molar-refractivity contribution in [1.29, 1.82) is 5.41 Å². The molecular weight excluding hydrogens is 234 g/mol. The molecule has 1 unspecified atom stereocenters. The molecule has 1 rings (SSSR count). The summed E-state index contributed by atoms with van der Waals surface area (Å²) in [5.41, 5.74) is 9.07. The molecule has 3 nitrogen and oxygen atoms in total. The number of nitrogens with one attached hydrogen (secondary N) is 1. The Morgan fingerprint density at radius 3 is 2.37 bits per heavy atom. The molecule has 1 aromatic rings. The first-order valence-corrected chi connectivity index (χ1v) is 6.77. The second kappa shape index (κ2) is 5.74. The standard InChI is InChI=1S/C16H27N3/c1-11-9-13(15(17)18)7-8-14(11)10-19(6)12(2)16(3,4)5/h7-9,12H,10H2,1-6H3,(H3,17,18). The average molecular weight is 261 g/mol. The first kappa shape index (κ1) is 15.7. The normalized spacial score (nSPS) is 13.6. The minimum absolute atomic E-state index is 0.131. The Kier molecular flexibility index (Phi) is 4.75. The van der Waals surface area contributed by atoms with E-state index in [1.807, 2.05) is 12.1 Å². The van der Waals surface area contributed by atoms with Gasteiger partial charge < -0.3 is 5.73 Å². The lowest BCUT2D eigenvalue weighted by Gasteiger charge is -2.35. The molecule has 0 aliphatic rings. The molecule has 0 saturated carbocycles. The maximum atomic E-state index is 7.46. The van der Waals surface area contributed by atoms with Gasteiger partial charge in [-0.3, -0.25) is 10.3 Å². The number of hydrogen-bond acceptors (Lipinski definition) is 2. The zero-order valence-corrected chi connectivity index (χ0v) is 13.0. The maximum Gasteiger partial charge on any atom is 0.122 e. The van der Waals surface area contributed by atoms with Crippen LogP contribution in [0.4, 0.5) is 0 Å². The van der Waals surface area contributed by atoms with E-state index >= 15 is 0 Å². The number of amidine groups is 1. The third-order valence-corrected chi connectivity index (χ3v) is 3.99. The molecule has 0 spiro atoms. The zero-order chi connectivity index (χ0) is 14.8. The van der Waals surface area contributed by atoms with Crippen molar-refractivity contribution in [3.63, 3.8) is 0 Å². The highest BCUT2D eigenvalue weighted by atomic mass is 15.1. The van der Waals surface area contributed by atoms with Gasteiger partial charge >= 0.3 is 0 Å². The van der Waals surface area contributed by atoms with Crippen molar-refractivity contribution >= 4 is 5.84 Å². The third kappa shape index (κ3) is 4.06. The first-order chi connectivity index (χ1) is 8.62. The predicted octanol–water partition coefficient (Wildman–Crippen LogP) is 3.15. The van der Waals surface area contributed by atoms with Gasteiger partial charge in [0.25, 0.3) is 0 Å². The van der Waals surface area contributed by atoms with Crippen molar-refractivity contribution in [2.45, 2.75) is 47.2 Å². The van der Waals surface area contributed by atoms with Crippen molar-refractivity contribution in [3.05, 3.63) is 34.9 Å². The summed E-state index contributed by atoms with van der Waals surface area (Å²) in [6.45, 7) is 12.1. The van der Waals surface area contributed by atoms with Crippen LogP contribution in [0.25, 0.3) is 0 Å². The number of nitrogens with zero attached hydrogens (tertiary/aromatic N) is 1.